The molecule has 0 saturated heterocycles. The molecule has 7 nitrogen and oxygen atoms in total. The fourth-order valence-electron chi connectivity index (χ4n) is 1.64. The number of carbonyl (C=O) groups is 1. The molecule has 0 amide bonds. The summed E-state index contributed by atoms with van der Waals surface area (Å²) in [6, 6.07) is 0. The van der Waals surface area contributed by atoms with E-state index in [1.165, 1.54) is 0 Å². The number of aryl methyl sites for hydroxylation is 1. The van der Waals surface area contributed by atoms with E-state index in [1.807, 2.05) is 18.4 Å². The molecule has 0 aliphatic rings. The van der Waals surface area contributed by atoms with E-state index in [-0.39, 0.29) is 5.75 Å². The van der Waals surface area contributed by atoms with Crippen LogP contribution < -0.4 is 0 Å². The maximum absolute atomic E-state index is 10.7. The first-order valence-electron chi connectivity index (χ1n) is 6.18. The molecule has 0 aromatic carbocycles. The number of aromatic nitrogens is 5. The maximum atomic E-state index is 10.7. The zero-order valence-electron chi connectivity index (χ0n) is 11.3. The molecule has 0 unspecified atom stereocenters. The van der Waals surface area contributed by atoms with E-state index in [0.29, 0.717) is 23.2 Å². The highest BCUT2D eigenvalue weighted by atomic mass is 32.2. The van der Waals surface area contributed by atoms with Crippen molar-refractivity contribution in [2.24, 2.45) is 0 Å². The van der Waals surface area contributed by atoms with Crippen LogP contribution in [0.3, 0.4) is 0 Å². The van der Waals surface area contributed by atoms with Gasteiger partial charge < -0.3 is 9.67 Å². The Bertz CT molecular complexity index is 596. The Morgan fingerprint density at radius 3 is 2.75 bits per heavy atom. The average molecular weight is 293 g/mol. The summed E-state index contributed by atoms with van der Waals surface area (Å²) in [6.45, 7) is 4.61. The van der Waals surface area contributed by atoms with Crippen molar-refractivity contribution in [2.45, 2.75) is 32.0 Å². The van der Waals surface area contributed by atoms with Crippen LogP contribution in [0.25, 0.3) is 11.5 Å². The quantitative estimate of drug-likeness (QED) is 0.809. The van der Waals surface area contributed by atoms with Gasteiger partial charge >= 0.3 is 5.97 Å². The van der Waals surface area contributed by atoms with Crippen LogP contribution in [-0.2, 0) is 11.3 Å². The topological polar surface area (TPSA) is 93.8 Å². The Kier molecular flexibility index (Phi) is 4.67. The van der Waals surface area contributed by atoms with Crippen molar-refractivity contribution in [2.75, 3.05) is 5.75 Å². The highest BCUT2D eigenvalue weighted by molar-refractivity contribution is 7.99. The molecule has 0 radical (unpaired) electrons. The van der Waals surface area contributed by atoms with E-state index in [4.69, 9.17) is 5.11 Å². The first kappa shape index (κ1) is 14.4. The van der Waals surface area contributed by atoms with Gasteiger partial charge in [0.15, 0.2) is 11.0 Å². The smallest absolute Gasteiger partial charge is 0.313 e. The average Bonchev–Trinajstić information content (AvgIpc) is 2.81. The van der Waals surface area contributed by atoms with Crippen molar-refractivity contribution < 1.29 is 9.90 Å². The van der Waals surface area contributed by atoms with Gasteiger partial charge in [-0.05, 0) is 13.3 Å². The molecule has 8 heteroatoms. The Hall–Kier alpha value is -1.96. The highest BCUT2D eigenvalue weighted by Gasteiger charge is 2.15. The lowest BCUT2D eigenvalue weighted by molar-refractivity contribution is -0.133. The number of rotatable bonds is 6. The summed E-state index contributed by atoms with van der Waals surface area (Å²) < 4.78 is 1.88. The molecule has 2 rings (SSSR count). The Morgan fingerprint density at radius 1 is 1.35 bits per heavy atom. The number of thioether (sulfide) groups is 1. The molecule has 1 N–H and O–H groups in total. The van der Waals surface area contributed by atoms with Crippen molar-refractivity contribution in [3.05, 3.63) is 18.1 Å². The fourth-order valence-corrected chi connectivity index (χ4v) is 2.33. The van der Waals surface area contributed by atoms with Crippen molar-refractivity contribution in [1.29, 1.82) is 0 Å². The van der Waals surface area contributed by atoms with Crippen molar-refractivity contribution in [1.82, 2.24) is 24.7 Å². The lowest BCUT2D eigenvalue weighted by Crippen LogP contribution is -2.05. The molecular formula is C12H15N5O2S. The van der Waals surface area contributed by atoms with Crippen LogP contribution in [0.1, 0.15) is 19.0 Å². The Morgan fingerprint density at radius 2 is 2.15 bits per heavy atom. The zero-order chi connectivity index (χ0) is 14.5. The first-order valence-corrected chi connectivity index (χ1v) is 7.17. The van der Waals surface area contributed by atoms with Gasteiger partial charge in [-0.1, -0.05) is 18.7 Å². The van der Waals surface area contributed by atoms with Gasteiger partial charge in [0.2, 0.25) is 0 Å². The second-order valence-corrected chi connectivity index (χ2v) is 5.13. The number of hydrogen-bond acceptors (Lipinski definition) is 6. The minimum absolute atomic E-state index is 0.0403. The van der Waals surface area contributed by atoms with Crippen molar-refractivity contribution in [3.8, 4) is 11.5 Å². The van der Waals surface area contributed by atoms with Crippen LogP contribution in [0.4, 0.5) is 0 Å². The van der Waals surface area contributed by atoms with Crippen LogP contribution in [-0.4, -0.2) is 41.6 Å². The fraction of sp³-hybridized carbons (Fsp3) is 0.417. The molecule has 0 saturated carbocycles. The van der Waals surface area contributed by atoms with E-state index in [1.54, 1.807) is 12.4 Å². The molecule has 0 fully saturated rings. The van der Waals surface area contributed by atoms with Gasteiger partial charge in [-0.3, -0.25) is 9.78 Å². The second kappa shape index (κ2) is 6.47. The van der Waals surface area contributed by atoms with Gasteiger partial charge in [0, 0.05) is 12.7 Å². The van der Waals surface area contributed by atoms with Crippen LogP contribution >= 0.6 is 11.8 Å². The lowest BCUT2D eigenvalue weighted by Gasteiger charge is -2.07. The number of carboxylic acids is 1. The largest absolute Gasteiger partial charge is 0.481 e. The van der Waals surface area contributed by atoms with E-state index < -0.39 is 5.97 Å². The van der Waals surface area contributed by atoms with Crippen molar-refractivity contribution >= 4 is 17.7 Å². The molecule has 106 valence electrons. The normalized spacial score (nSPS) is 10.7. The van der Waals surface area contributed by atoms with E-state index >= 15 is 0 Å². The monoisotopic (exact) mass is 293 g/mol. The minimum atomic E-state index is -0.877. The molecule has 0 spiro atoms. The van der Waals surface area contributed by atoms with Gasteiger partial charge in [-0.25, -0.2) is 4.98 Å². The molecule has 20 heavy (non-hydrogen) atoms. The predicted octanol–water partition coefficient (Wildman–Crippen LogP) is 1.63. The molecule has 0 atom stereocenters. The summed E-state index contributed by atoms with van der Waals surface area (Å²) in [7, 11) is 0. The third kappa shape index (κ3) is 3.32. The Labute approximate surface area is 120 Å². The lowest BCUT2D eigenvalue weighted by atomic mass is 10.4. The molecule has 0 aliphatic carbocycles. The summed E-state index contributed by atoms with van der Waals surface area (Å²) in [6.07, 6.45) is 4.21. The SMILES string of the molecule is CCCn1c(SCC(=O)O)nnc1-c1cnc(C)cn1. The van der Waals surface area contributed by atoms with Gasteiger partial charge in [0.05, 0.1) is 17.6 Å². The molecule has 2 heterocycles. The summed E-state index contributed by atoms with van der Waals surface area (Å²) in [4.78, 5) is 19.1. The molecule has 0 bridgehead atoms. The predicted molar refractivity (Wildman–Crippen MR) is 74.4 cm³/mol. The van der Waals surface area contributed by atoms with Crippen molar-refractivity contribution in [3.63, 3.8) is 0 Å². The Balaban J connectivity index is 2.32. The number of hydrogen-bond donors (Lipinski definition) is 1. The van der Waals surface area contributed by atoms with Crippen LogP contribution in [0, 0.1) is 6.92 Å². The standard InChI is InChI=1S/C12H15N5O2S/c1-3-4-17-11(9-6-13-8(2)5-14-9)15-16-12(17)20-7-10(18)19/h5-6H,3-4,7H2,1-2H3,(H,18,19). The van der Waals surface area contributed by atoms with E-state index in [9.17, 15) is 4.79 Å². The summed E-state index contributed by atoms with van der Waals surface area (Å²) in [5.74, 6) is -0.300. The van der Waals surface area contributed by atoms with Gasteiger partial charge in [0.25, 0.3) is 0 Å². The summed E-state index contributed by atoms with van der Waals surface area (Å²) in [5, 5.41) is 17.5. The van der Waals surface area contributed by atoms with Crippen LogP contribution in [0.5, 0.6) is 0 Å². The molecule has 2 aromatic rings. The van der Waals surface area contributed by atoms with Gasteiger partial charge in [-0.15, -0.1) is 10.2 Å². The van der Waals surface area contributed by atoms with Crippen LogP contribution in [0.15, 0.2) is 17.6 Å². The minimum Gasteiger partial charge on any atom is -0.481 e. The number of carboxylic acid groups (broad SMARTS) is 1. The van der Waals surface area contributed by atoms with Gasteiger partial charge in [-0.2, -0.15) is 0 Å². The zero-order valence-corrected chi connectivity index (χ0v) is 12.1. The van der Waals surface area contributed by atoms with E-state index in [0.717, 1.165) is 23.9 Å². The summed E-state index contributed by atoms with van der Waals surface area (Å²) >= 11 is 1.16. The second-order valence-electron chi connectivity index (χ2n) is 4.18. The highest BCUT2D eigenvalue weighted by Crippen LogP contribution is 2.22. The molecule has 2 aromatic heterocycles. The van der Waals surface area contributed by atoms with E-state index in [2.05, 4.69) is 20.2 Å². The molecule has 0 aliphatic heterocycles. The maximum Gasteiger partial charge on any atom is 0.313 e. The third-order valence-corrected chi connectivity index (χ3v) is 3.45. The molecular weight excluding hydrogens is 278 g/mol. The third-order valence-electron chi connectivity index (χ3n) is 2.50. The van der Waals surface area contributed by atoms with Crippen LogP contribution in [0.2, 0.25) is 0 Å². The number of nitrogens with zero attached hydrogens (tertiary/aromatic N) is 5. The number of aliphatic carboxylic acids is 1. The first-order chi connectivity index (χ1) is 9.61. The van der Waals surface area contributed by atoms with Gasteiger partial charge in [0.1, 0.15) is 5.69 Å². The summed E-state index contributed by atoms with van der Waals surface area (Å²) in [5.41, 5.74) is 1.47.